The molecule has 0 N–H and O–H groups in total. The smallest absolute Gasteiger partial charge is 0.193 e. The number of ether oxygens (including phenoxy) is 3. The summed E-state index contributed by atoms with van der Waals surface area (Å²) in [5, 5.41) is 0.353. The Labute approximate surface area is 117 Å². The number of hydrogen-bond donors (Lipinski definition) is 0. The number of ketones is 1. The SMILES string of the molecule is COc1cc(Cl)c(C(=O)C2CCC(C)O2)cc1OC. The van der Waals surface area contributed by atoms with Gasteiger partial charge in [-0.05, 0) is 25.8 Å². The average molecular weight is 285 g/mol. The predicted octanol–water partition coefficient (Wildman–Crippen LogP) is 3.11. The van der Waals surface area contributed by atoms with Gasteiger partial charge in [-0.3, -0.25) is 4.79 Å². The van der Waals surface area contributed by atoms with Crippen molar-refractivity contribution in [2.24, 2.45) is 0 Å². The zero-order valence-electron chi connectivity index (χ0n) is 11.2. The summed E-state index contributed by atoms with van der Waals surface area (Å²) < 4.78 is 15.9. The third-order valence-electron chi connectivity index (χ3n) is 3.26. The van der Waals surface area contributed by atoms with Crippen LogP contribution in [0, 0.1) is 0 Å². The molecule has 1 aliphatic rings. The normalized spacial score (nSPS) is 22.3. The molecule has 1 saturated heterocycles. The summed E-state index contributed by atoms with van der Waals surface area (Å²) in [4.78, 5) is 12.4. The highest BCUT2D eigenvalue weighted by molar-refractivity contribution is 6.34. The predicted molar refractivity (Wildman–Crippen MR) is 72.5 cm³/mol. The van der Waals surface area contributed by atoms with Crippen LogP contribution in [0.1, 0.15) is 30.1 Å². The molecule has 2 atom stereocenters. The van der Waals surface area contributed by atoms with Gasteiger partial charge < -0.3 is 14.2 Å². The molecule has 0 amide bonds. The fraction of sp³-hybridized carbons (Fsp3) is 0.500. The van der Waals surface area contributed by atoms with E-state index >= 15 is 0 Å². The number of rotatable bonds is 4. The summed E-state index contributed by atoms with van der Waals surface area (Å²) in [6, 6.07) is 3.20. The number of benzene rings is 1. The summed E-state index contributed by atoms with van der Waals surface area (Å²) in [6.07, 6.45) is 1.32. The van der Waals surface area contributed by atoms with Gasteiger partial charge in [-0.2, -0.15) is 0 Å². The Kier molecular flexibility index (Phi) is 4.32. The van der Waals surface area contributed by atoms with Crippen LogP contribution in [0.4, 0.5) is 0 Å². The van der Waals surface area contributed by atoms with Crippen LogP contribution in [0.5, 0.6) is 11.5 Å². The highest BCUT2D eigenvalue weighted by atomic mass is 35.5. The number of carbonyl (C=O) groups is 1. The van der Waals surface area contributed by atoms with Crippen molar-refractivity contribution >= 4 is 17.4 Å². The van der Waals surface area contributed by atoms with E-state index in [2.05, 4.69) is 0 Å². The molecular formula is C14H17ClO4. The summed E-state index contributed by atoms with van der Waals surface area (Å²) in [5.41, 5.74) is 0.415. The number of hydrogen-bond acceptors (Lipinski definition) is 4. The van der Waals surface area contributed by atoms with Crippen LogP contribution in [0.3, 0.4) is 0 Å². The van der Waals surface area contributed by atoms with Crippen molar-refractivity contribution < 1.29 is 19.0 Å². The van der Waals surface area contributed by atoms with E-state index in [-0.39, 0.29) is 11.9 Å². The van der Waals surface area contributed by atoms with Crippen LogP contribution in [-0.2, 0) is 4.74 Å². The zero-order chi connectivity index (χ0) is 14.0. The Hall–Kier alpha value is -1.26. The van der Waals surface area contributed by atoms with Crippen molar-refractivity contribution in [3.05, 3.63) is 22.7 Å². The molecule has 0 radical (unpaired) electrons. The van der Waals surface area contributed by atoms with Crippen LogP contribution in [0.15, 0.2) is 12.1 Å². The Morgan fingerprint density at radius 2 is 1.89 bits per heavy atom. The van der Waals surface area contributed by atoms with Gasteiger partial charge in [-0.25, -0.2) is 0 Å². The first-order valence-electron chi connectivity index (χ1n) is 6.18. The van der Waals surface area contributed by atoms with Crippen molar-refractivity contribution in [3.8, 4) is 11.5 Å². The lowest BCUT2D eigenvalue weighted by molar-refractivity contribution is 0.0433. The van der Waals surface area contributed by atoms with E-state index in [1.807, 2.05) is 6.92 Å². The lowest BCUT2D eigenvalue weighted by Crippen LogP contribution is -2.21. The van der Waals surface area contributed by atoms with E-state index in [0.717, 1.165) is 12.8 Å². The molecule has 1 aromatic carbocycles. The van der Waals surface area contributed by atoms with Crippen LogP contribution < -0.4 is 9.47 Å². The first-order valence-corrected chi connectivity index (χ1v) is 6.55. The van der Waals surface area contributed by atoms with E-state index in [1.54, 1.807) is 12.1 Å². The Morgan fingerprint density at radius 3 is 2.42 bits per heavy atom. The van der Waals surface area contributed by atoms with Crippen molar-refractivity contribution in [1.29, 1.82) is 0 Å². The average Bonchev–Trinajstić information content (AvgIpc) is 2.84. The second-order valence-electron chi connectivity index (χ2n) is 4.56. The lowest BCUT2D eigenvalue weighted by atomic mass is 10.0. The van der Waals surface area contributed by atoms with Crippen molar-refractivity contribution in [1.82, 2.24) is 0 Å². The number of carbonyl (C=O) groups excluding carboxylic acids is 1. The van der Waals surface area contributed by atoms with Gasteiger partial charge in [0.1, 0.15) is 6.10 Å². The molecule has 0 bridgehead atoms. The van der Waals surface area contributed by atoms with Crippen LogP contribution in [0.2, 0.25) is 5.02 Å². The summed E-state index contributed by atoms with van der Waals surface area (Å²) in [6.45, 7) is 1.96. The minimum absolute atomic E-state index is 0.102. The first kappa shape index (κ1) is 14.2. The molecule has 1 fully saturated rings. The highest BCUT2D eigenvalue weighted by Crippen LogP contribution is 2.35. The highest BCUT2D eigenvalue weighted by Gasteiger charge is 2.30. The molecule has 0 aliphatic carbocycles. The molecule has 2 rings (SSSR count). The van der Waals surface area contributed by atoms with E-state index in [4.69, 9.17) is 25.8 Å². The van der Waals surface area contributed by atoms with Crippen molar-refractivity contribution in [3.63, 3.8) is 0 Å². The quantitative estimate of drug-likeness (QED) is 0.797. The lowest BCUT2D eigenvalue weighted by Gasteiger charge is -2.14. The number of Topliss-reactive ketones (excluding diaryl/α,β-unsaturated/α-hetero) is 1. The van der Waals surface area contributed by atoms with Gasteiger partial charge in [0.2, 0.25) is 0 Å². The van der Waals surface area contributed by atoms with Crippen LogP contribution >= 0.6 is 11.6 Å². The van der Waals surface area contributed by atoms with Gasteiger partial charge in [0.05, 0.1) is 25.3 Å². The van der Waals surface area contributed by atoms with E-state index in [1.165, 1.54) is 14.2 Å². The zero-order valence-corrected chi connectivity index (χ0v) is 12.0. The first-order chi connectivity index (χ1) is 9.06. The molecule has 19 heavy (non-hydrogen) atoms. The van der Waals surface area contributed by atoms with Crippen molar-refractivity contribution in [2.45, 2.75) is 32.0 Å². The third kappa shape index (κ3) is 2.85. The van der Waals surface area contributed by atoms with Crippen LogP contribution in [-0.4, -0.2) is 32.2 Å². The largest absolute Gasteiger partial charge is 0.493 e. The van der Waals surface area contributed by atoms with Gasteiger partial charge in [-0.1, -0.05) is 11.6 Å². The fourth-order valence-corrected chi connectivity index (χ4v) is 2.46. The maximum absolute atomic E-state index is 12.4. The molecule has 5 heteroatoms. The second-order valence-corrected chi connectivity index (χ2v) is 4.97. The second kappa shape index (κ2) is 5.80. The van der Waals surface area contributed by atoms with E-state index < -0.39 is 6.10 Å². The monoisotopic (exact) mass is 284 g/mol. The molecule has 0 aromatic heterocycles. The Morgan fingerprint density at radius 1 is 1.26 bits per heavy atom. The molecule has 1 heterocycles. The molecule has 104 valence electrons. The summed E-state index contributed by atoms with van der Waals surface area (Å²) in [5.74, 6) is 0.890. The van der Waals surface area contributed by atoms with Gasteiger partial charge >= 0.3 is 0 Å². The molecule has 4 nitrogen and oxygen atoms in total. The van der Waals surface area contributed by atoms with Gasteiger partial charge in [0.15, 0.2) is 17.3 Å². The molecule has 1 aromatic rings. The number of halogens is 1. The molecule has 0 spiro atoms. The van der Waals surface area contributed by atoms with Crippen molar-refractivity contribution in [2.75, 3.05) is 14.2 Å². The topological polar surface area (TPSA) is 44.8 Å². The minimum atomic E-state index is -0.411. The Bertz CT molecular complexity index is 487. The maximum Gasteiger partial charge on any atom is 0.193 e. The number of methoxy groups -OCH3 is 2. The standard InChI is InChI=1S/C14H17ClO4/c1-8-4-5-11(19-8)14(16)9-6-12(17-2)13(18-3)7-10(9)15/h6-8,11H,4-5H2,1-3H3. The molecular weight excluding hydrogens is 268 g/mol. The minimum Gasteiger partial charge on any atom is -0.493 e. The van der Waals surface area contributed by atoms with Gasteiger partial charge in [0.25, 0.3) is 0 Å². The Balaban J connectivity index is 2.31. The summed E-state index contributed by atoms with van der Waals surface area (Å²) in [7, 11) is 3.05. The van der Waals surface area contributed by atoms with Gasteiger partial charge in [0, 0.05) is 11.6 Å². The third-order valence-corrected chi connectivity index (χ3v) is 3.58. The van der Waals surface area contributed by atoms with Crippen LogP contribution in [0.25, 0.3) is 0 Å². The van der Waals surface area contributed by atoms with E-state index in [0.29, 0.717) is 22.1 Å². The maximum atomic E-state index is 12.4. The summed E-state index contributed by atoms with van der Waals surface area (Å²) >= 11 is 6.13. The molecule has 2 unspecified atom stereocenters. The fourth-order valence-electron chi connectivity index (χ4n) is 2.21. The van der Waals surface area contributed by atoms with E-state index in [9.17, 15) is 4.79 Å². The molecule has 0 saturated carbocycles. The van der Waals surface area contributed by atoms with Gasteiger partial charge in [-0.15, -0.1) is 0 Å². The molecule has 1 aliphatic heterocycles.